The lowest BCUT2D eigenvalue weighted by molar-refractivity contribution is -0.385. The topological polar surface area (TPSA) is 80.1 Å². The average Bonchev–Trinajstić information content (AvgIpc) is 3.11. The molecular weight excluding hydrogens is 314 g/mol. The van der Waals surface area contributed by atoms with Crippen LogP contribution in [0.25, 0.3) is 0 Å². The molecule has 0 spiro atoms. The first-order chi connectivity index (χ1) is 11.6. The number of aryl methyl sites for hydroxylation is 1. The zero-order valence-electron chi connectivity index (χ0n) is 14.0. The van der Waals surface area contributed by atoms with Crippen LogP contribution in [0.1, 0.15) is 25.3 Å². The summed E-state index contributed by atoms with van der Waals surface area (Å²) in [5.74, 6) is 0.589. The Morgan fingerprint density at radius 2 is 1.96 bits per heavy atom. The van der Waals surface area contributed by atoms with Crippen LogP contribution in [0.3, 0.4) is 0 Å². The van der Waals surface area contributed by atoms with Gasteiger partial charge < -0.3 is 18.9 Å². The Kier molecular flexibility index (Phi) is 5.33. The molecule has 132 valence electrons. The molecule has 3 rings (SSSR count). The molecule has 0 radical (unpaired) electrons. The number of benzene rings is 1. The minimum Gasteiger partial charge on any atom is -0.485 e. The standard InChI is InChI=1S/C17H23NO6/c1-3-4-7-21-14-9-22-17-15(10-23-16(14)17)24-12-5-6-13(18(19)20)11(2)8-12/h5-6,8,14-17H,3-4,7,9-10H2,1-2H3/t14-,15-,16-,17-/m1/s1. The van der Waals surface area contributed by atoms with Crippen molar-refractivity contribution in [2.75, 3.05) is 19.8 Å². The molecule has 2 saturated heterocycles. The minimum atomic E-state index is -0.397. The molecule has 7 nitrogen and oxygen atoms in total. The molecule has 7 heteroatoms. The van der Waals surface area contributed by atoms with Crippen LogP contribution < -0.4 is 4.74 Å². The molecule has 4 atom stereocenters. The zero-order valence-corrected chi connectivity index (χ0v) is 14.0. The van der Waals surface area contributed by atoms with Crippen LogP contribution in [-0.2, 0) is 14.2 Å². The van der Waals surface area contributed by atoms with E-state index in [1.54, 1.807) is 19.1 Å². The number of fused-ring (bicyclic) bond motifs is 1. The van der Waals surface area contributed by atoms with Crippen LogP contribution in [0.2, 0.25) is 0 Å². The number of nitro benzene ring substituents is 1. The third-order valence-corrected chi connectivity index (χ3v) is 4.44. The maximum Gasteiger partial charge on any atom is 0.272 e. The second kappa shape index (κ2) is 7.46. The summed E-state index contributed by atoms with van der Waals surface area (Å²) in [7, 11) is 0. The summed E-state index contributed by atoms with van der Waals surface area (Å²) in [6.07, 6.45) is 1.58. The van der Waals surface area contributed by atoms with Gasteiger partial charge in [-0.1, -0.05) is 13.3 Å². The SMILES string of the molecule is CCCCO[C@@H]1CO[C@H]2[C@@H]1OC[C@H]2Oc1ccc([N+](=O)[O-])c(C)c1. The fourth-order valence-electron chi connectivity index (χ4n) is 3.13. The Morgan fingerprint density at radius 1 is 1.25 bits per heavy atom. The summed E-state index contributed by atoms with van der Waals surface area (Å²) < 4.78 is 23.4. The first-order valence-electron chi connectivity index (χ1n) is 8.36. The van der Waals surface area contributed by atoms with Gasteiger partial charge in [-0.25, -0.2) is 0 Å². The van der Waals surface area contributed by atoms with Crippen molar-refractivity contribution in [2.45, 2.75) is 51.1 Å². The molecule has 0 saturated carbocycles. The van der Waals surface area contributed by atoms with Crippen LogP contribution in [-0.4, -0.2) is 49.2 Å². The van der Waals surface area contributed by atoms with E-state index in [9.17, 15) is 10.1 Å². The lowest BCUT2D eigenvalue weighted by Gasteiger charge is -2.18. The Balaban J connectivity index is 1.60. The van der Waals surface area contributed by atoms with Gasteiger partial charge in [0.1, 0.15) is 24.1 Å². The quantitative estimate of drug-likeness (QED) is 0.432. The summed E-state index contributed by atoms with van der Waals surface area (Å²) in [6.45, 7) is 5.48. The second-order valence-corrected chi connectivity index (χ2v) is 6.22. The first-order valence-corrected chi connectivity index (χ1v) is 8.36. The van der Waals surface area contributed by atoms with Crippen LogP contribution in [0, 0.1) is 17.0 Å². The van der Waals surface area contributed by atoms with Crippen molar-refractivity contribution >= 4 is 5.69 Å². The maximum atomic E-state index is 10.9. The largest absolute Gasteiger partial charge is 0.485 e. The van der Waals surface area contributed by atoms with Crippen LogP contribution >= 0.6 is 0 Å². The van der Waals surface area contributed by atoms with Gasteiger partial charge in [0.05, 0.1) is 18.1 Å². The number of unbranched alkanes of at least 4 members (excludes halogenated alkanes) is 1. The van der Waals surface area contributed by atoms with E-state index in [-0.39, 0.29) is 30.1 Å². The van der Waals surface area contributed by atoms with E-state index in [4.69, 9.17) is 18.9 Å². The lowest BCUT2D eigenvalue weighted by atomic mass is 10.1. The fourth-order valence-corrected chi connectivity index (χ4v) is 3.13. The molecule has 2 heterocycles. The van der Waals surface area contributed by atoms with Crippen molar-refractivity contribution in [1.82, 2.24) is 0 Å². The van der Waals surface area contributed by atoms with Crippen molar-refractivity contribution in [2.24, 2.45) is 0 Å². The van der Waals surface area contributed by atoms with Crippen molar-refractivity contribution in [1.29, 1.82) is 0 Å². The molecular formula is C17H23NO6. The molecule has 24 heavy (non-hydrogen) atoms. The molecule has 0 aliphatic carbocycles. The monoisotopic (exact) mass is 337 g/mol. The number of nitro groups is 1. The van der Waals surface area contributed by atoms with Crippen molar-refractivity contribution in [3.63, 3.8) is 0 Å². The zero-order chi connectivity index (χ0) is 17.1. The van der Waals surface area contributed by atoms with Gasteiger partial charge in [-0.15, -0.1) is 0 Å². The van der Waals surface area contributed by atoms with E-state index < -0.39 is 4.92 Å². The van der Waals surface area contributed by atoms with E-state index in [1.165, 1.54) is 6.07 Å². The summed E-state index contributed by atoms with van der Waals surface area (Å²) in [5.41, 5.74) is 0.658. The highest BCUT2D eigenvalue weighted by atomic mass is 16.6. The molecule has 2 fully saturated rings. The number of hydrogen-bond acceptors (Lipinski definition) is 6. The van der Waals surface area contributed by atoms with Gasteiger partial charge >= 0.3 is 0 Å². The molecule has 0 unspecified atom stereocenters. The predicted molar refractivity (Wildman–Crippen MR) is 86.4 cm³/mol. The van der Waals surface area contributed by atoms with E-state index in [1.807, 2.05) is 0 Å². The maximum absolute atomic E-state index is 10.9. The molecule has 0 bridgehead atoms. The van der Waals surface area contributed by atoms with Gasteiger partial charge in [0, 0.05) is 18.2 Å². The minimum absolute atomic E-state index is 0.0475. The Morgan fingerprint density at radius 3 is 2.62 bits per heavy atom. The number of ether oxygens (including phenoxy) is 4. The number of hydrogen-bond donors (Lipinski definition) is 0. The fraction of sp³-hybridized carbons (Fsp3) is 0.647. The Labute approximate surface area is 141 Å². The third kappa shape index (κ3) is 3.53. The molecule has 2 aliphatic rings. The smallest absolute Gasteiger partial charge is 0.272 e. The van der Waals surface area contributed by atoms with E-state index in [0.29, 0.717) is 31.1 Å². The Bertz CT molecular complexity index is 592. The summed E-state index contributed by atoms with van der Waals surface area (Å²) in [5, 5.41) is 10.9. The molecule has 0 aromatic heterocycles. The molecule has 1 aromatic rings. The highest BCUT2D eigenvalue weighted by Crippen LogP contribution is 2.32. The molecule has 1 aromatic carbocycles. The Hall–Kier alpha value is -1.70. The van der Waals surface area contributed by atoms with Crippen LogP contribution in [0.5, 0.6) is 5.75 Å². The van der Waals surface area contributed by atoms with E-state index in [0.717, 1.165) is 12.8 Å². The van der Waals surface area contributed by atoms with Gasteiger partial charge in [-0.3, -0.25) is 10.1 Å². The summed E-state index contributed by atoms with van der Waals surface area (Å²) >= 11 is 0. The van der Waals surface area contributed by atoms with E-state index in [2.05, 4.69) is 6.92 Å². The van der Waals surface area contributed by atoms with E-state index >= 15 is 0 Å². The van der Waals surface area contributed by atoms with Gasteiger partial charge in [0.2, 0.25) is 0 Å². The lowest BCUT2D eigenvalue weighted by Crippen LogP contribution is -2.35. The average molecular weight is 337 g/mol. The summed E-state index contributed by atoms with van der Waals surface area (Å²) in [6, 6.07) is 4.75. The van der Waals surface area contributed by atoms with Gasteiger partial charge in [-0.2, -0.15) is 0 Å². The van der Waals surface area contributed by atoms with Crippen molar-refractivity contribution < 1.29 is 23.9 Å². The van der Waals surface area contributed by atoms with Gasteiger partial charge in [0.25, 0.3) is 5.69 Å². The normalized spacial score (nSPS) is 28.8. The number of nitrogens with zero attached hydrogens (tertiary/aromatic N) is 1. The second-order valence-electron chi connectivity index (χ2n) is 6.22. The van der Waals surface area contributed by atoms with Crippen LogP contribution in [0.15, 0.2) is 18.2 Å². The van der Waals surface area contributed by atoms with Crippen molar-refractivity contribution in [3.05, 3.63) is 33.9 Å². The highest BCUT2D eigenvalue weighted by molar-refractivity contribution is 5.44. The summed E-state index contributed by atoms with van der Waals surface area (Å²) in [4.78, 5) is 10.5. The molecule has 2 aliphatic heterocycles. The van der Waals surface area contributed by atoms with Crippen molar-refractivity contribution in [3.8, 4) is 5.75 Å². The molecule has 0 N–H and O–H groups in total. The predicted octanol–water partition coefficient (Wildman–Crippen LogP) is 2.63. The van der Waals surface area contributed by atoms with Gasteiger partial charge in [0.15, 0.2) is 6.10 Å². The molecule has 0 amide bonds. The highest BCUT2D eigenvalue weighted by Gasteiger charge is 2.49. The van der Waals surface area contributed by atoms with Gasteiger partial charge in [-0.05, 0) is 25.5 Å². The van der Waals surface area contributed by atoms with Crippen LogP contribution in [0.4, 0.5) is 5.69 Å². The third-order valence-electron chi connectivity index (χ3n) is 4.44. The number of rotatable bonds is 7. The first kappa shape index (κ1) is 17.1.